The Hall–Kier alpha value is -3.41. The van der Waals surface area contributed by atoms with E-state index in [0.717, 1.165) is 61.1 Å². The number of nitrogens with zero attached hydrogens (tertiary/aromatic N) is 2. The first-order chi connectivity index (χ1) is 18.0. The number of aliphatic carboxylic acids is 1. The molecule has 0 bridgehead atoms. The number of benzene rings is 2. The van der Waals surface area contributed by atoms with E-state index >= 15 is 0 Å². The van der Waals surface area contributed by atoms with Crippen LogP contribution in [0.4, 0.5) is 18.9 Å². The fraction of sp³-hybridized carbons (Fsp3) is 0.333. The number of hydrogen-bond acceptors (Lipinski definition) is 6. The van der Waals surface area contributed by atoms with Gasteiger partial charge in [-0.2, -0.15) is 13.2 Å². The van der Waals surface area contributed by atoms with Gasteiger partial charge in [0.2, 0.25) is 0 Å². The van der Waals surface area contributed by atoms with Gasteiger partial charge in [-0.3, -0.25) is 14.6 Å². The number of carboxylic acids is 1. The number of halogens is 3. The molecule has 11 heteroatoms. The van der Waals surface area contributed by atoms with Crippen molar-refractivity contribution in [2.75, 3.05) is 31.5 Å². The lowest BCUT2D eigenvalue weighted by Gasteiger charge is -2.22. The Labute approximate surface area is 223 Å². The number of aromatic hydroxyl groups is 1. The summed E-state index contributed by atoms with van der Waals surface area (Å²) in [6, 6.07) is 19.5. The predicted octanol–water partition coefficient (Wildman–Crippen LogP) is 5.36. The number of phenolic OH excluding ortho intramolecular Hbond substituents is 1. The van der Waals surface area contributed by atoms with Crippen molar-refractivity contribution in [1.29, 1.82) is 0 Å². The molecule has 0 aliphatic carbocycles. The maximum atomic E-state index is 12.4. The summed E-state index contributed by atoms with van der Waals surface area (Å²) in [6.45, 7) is 7.99. The first-order valence-corrected chi connectivity index (χ1v) is 12.8. The summed E-state index contributed by atoms with van der Waals surface area (Å²) in [6.07, 6.45) is -3.95. The van der Waals surface area contributed by atoms with E-state index in [1.807, 2.05) is 43.3 Å². The summed E-state index contributed by atoms with van der Waals surface area (Å²) in [4.78, 5) is 28.2. The number of nitrogens with one attached hydrogen (secondary N) is 1. The normalized spacial score (nSPS) is 14.7. The summed E-state index contributed by atoms with van der Waals surface area (Å²) in [5.41, 5.74) is 3.29. The zero-order valence-corrected chi connectivity index (χ0v) is 21.7. The van der Waals surface area contributed by atoms with Crippen LogP contribution >= 0.6 is 11.3 Å². The smallest absolute Gasteiger partial charge is 0.490 e. The zero-order valence-electron chi connectivity index (χ0n) is 20.9. The van der Waals surface area contributed by atoms with Gasteiger partial charge in [0.1, 0.15) is 5.75 Å². The Kier molecular flexibility index (Phi) is 10.3. The van der Waals surface area contributed by atoms with E-state index in [0.29, 0.717) is 5.75 Å². The number of phenols is 1. The molecular weight excluding hydrogens is 519 g/mol. The Morgan fingerprint density at radius 1 is 0.921 bits per heavy atom. The van der Waals surface area contributed by atoms with E-state index in [1.165, 1.54) is 22.5 Å². The zero-order chi connectivity index (χ0) is 27.7. The van der Waals surface area contributed by atoms with E-state index in [2.05, 4.69) is 27.2 Å². The lowest BCUT2D eigenvalue weighted by atomic mass is 10.2. The van der Waals surface area contributed by atoms with Gasteiger partial charge in [0, 0.05) is 36.7 Å². The third-order valence-corrected chi connectivity index (χ3v) is 6.82. The second-order valence-electron chi connectivity index (χ2n) is 8.94. The maximum Gasteiger partial charge on any atom is 0.490 e. The Balaban J connectivity index is 0.000000505. The predicted molar refractivity (Wildman–Crippen MR) is 140 cm³/mol. The number of amides is 1. The van der Waals surface area contributed by atoms with Crippen LogP contribution in [0.2, 0.25) is 0 Å². The Bertz CT molecular complexity index is 1210. The number of carboxylic acid groups (broad SMARTS) is 1. The highest BCUT2D eigenvalue weighted by Crippen LogP contribution is 2.19. The Morgan fingerprint density at radius 3 is 2.08 bits per heavy atom. The van der Waals surface area contributed by atoms with E-state index < -0.39 is 12.1 Å². The molecule has 3 N–H and O–H groups in total. The van der Waals surface area contributed by atoms with Gasteiger partial charge >= 0.3 is 12.1 Å². The van der Waals surface area contributed by atoms with Crippen molar-refractivity contribution in [1.82, 2.24) is 9.80 Å². The molecule has 1 aliphatic rings. The summed E-state index contributed by atoms with van der Waals surface area (Å²) in [5.74, 6) is -2.49. The molecule has 0 unspecified atom stereocenters. The van der Waals surface area contributed by atoms with Gasteiger partial charge in [-0.25, -0.2) is 4.79 Å². The van der Waals surface area contributed by atoms with Crippen molar-refractivity contribution in [3.8, 4) is 5.75 Å². The molecule has 1 aliphatic heterocycles. The average Bonchev–Trinajstić information content (AvgIpc) is 3.18. The minimum atomic E-state index is -5.08. The van der Waals surface area contributed by atoms with Crippen molar-refractivity contribution in [2.45, 2.75) is 32.6 Å². The van der Waals surface area contributed by atoms with Crippen LogP contribution in [0.1, 0.15) is 32.1 Å². The van der Waals surface area contributed by atoms with E-state index in [1.54, 1.807) is 12.1 Å². The van der Waals surface area contributed by atoms with Crippen LogP contribution in [0.3, 0.4) is 0 Å². The number of carbonyl (C=O) groups is 2. The lowest BCUT2D eigenvalue weighted by molar-refractivity contribution is -0.192. The van der Waals surface area contributed by atoms with Crippen LogP contribution in [0.15, 0.2) is 60.7 Å². The molecule has 2 aromatic carbocycles. The van der Waals surface area contributed by atoms with Crippen LogP contribution in [0.5, 0.6) is 5.75 Å². The average molecular weight is 550 g/mol. The standard InChI is InChI=1S/C25H29N3O2S.C2HF3O2/c1-19-6-11-24(31-19)25(30)26-22-5-2-4-21(16-22)18-28-13-3-12-27(14-15-28)17-20-7-9-23(29)10-8-20;3-2(4,5)1(6)7/h2,4-11,16,29H,3,12-15,17-18H2,1H3,(H,26,30);(H,6,7). The molecule has 0 radical (unpaired) electrons. The van der Waals surface area contributed by atoms with Crippen molar-refractivity contribution >= 4 is 28.9 Å². The van der Waals surface area contributed by atoms with Gasteiger partial charge < -0.3 is 15.5 Å². The SMILES string of the molecule is Cc1ccc(C(=O)Nc2cccc(CN3CCCN(Cc4ccc(O)cc4)CC3)c2)s1.O=C(O)C(F)(F)F. The fourth-order valence-electron chi connectivity index (χ4n) is 3.96. The third kappa shape index (κ3) is 9.47. The molecule has 204 valence electrons. The number of carbonyl (C=O) groups excluding carboxylic acids is 1. The van der Waals surface area contributed by atoms with Gasteiger partial charge in [-0.1, -0.05) is 24.3 Å². The van der Waals surface area contributed by atoms with Crippen LogP contribution in [-0.2, 0) is 17.9 Å². The lowest BCUT2D eigenvalue weighted by Crippen LogP contribution is -2.30. The molecule has 3 aromatic rings. The number of rotatable bonds is 6. The monoisotopic (exact) mass is 549 g/mol. The van der Waals surface area contributed by atoms with Gasteiger partial charge in [-0.05, 0) is 74.0 Å². The van der Waals surface area contributed by atoms with Gasteiger partial charge in [0.25, 0.3) is 5.91 Å². The summed E-state index contributed by atoms with van der Waals surface area (Å²) >= 11 is 1.51. The highest BCUT2D eigenvalue weighted by atomic mass is 32.1. The number of hydrogen-bond donors (Lipinski definition) is 3. The molecule has 0 atom stereocenters. The first-order valence-electron chi connectivity index (χ1n) is 12.0. The molecule has 0 spiro atoms. The number of thiophene rings is 1. The first kappa shape index (κ1) is 29.2. The van der Waals surface area contributed by atoms with Gasteiger partial charge in [0.15, 0.2) is 0 Å². The maximum absolute atomic E-state index is 12.4. The topological polar surface area (TPSA) is 93.1 Å². The summed E-state index contributed by atoms with van der Waals surface area (Å²) in [7, 11) is 0. The number of alkyl halides is 3. The molecule has 1 fully saturated rings. The van der Waals surface area contributed by atoms with Crippen molar-refractivity contribution in [3.05, 3.63) is 81.5 Å². The van der Waals surface area contributed by atoms with E-state index in [-0.39, 0.29) is 5.91 Å². The summed E-state index contributed by atoms with van der Waals surface area (Å²) < 4.78 is 31.7. The molecule has 1 amide bonds. The third-order valence-electron chi connectivity index (χ3n) is 5.82. The van der Waals surface area contributed by atoms with Crippen LogP contribution in [0, 0.1) is 6.92 Å². The highest BCUT2D eigenvalue weighted by molar-refractivity contribution is 7.14. The molecular formula is C27H30F3N3O4S. The van der Waals surface area contributed by atoms with Crippen LogP contribution in [0.25, 0.3) is 0 Å². The van der Waals surface area contributed by atoms with E-state index in [4.69, 9.17) is 9.90 Å². The second kappa shape index (κ2) is 13.4. The minimum Gasteiger partial charge on any atom is -0.508 e. The quantitative estimate of drug-likeness (QED) is 0.384. The molecule has 7 nitrogen and oxygen atoms in total. The highest BCUT2D eigenvalue weighted by Gasteiger charge is 2.38. The second-order valence-corrected chi connectivity index (χ2v) is 10.2. The molecule has 4 rings (SSSR count). The van der Waals surface area contributed by atoms with Gasteiger partial charge in [0.05, 0.1) is 4.88 Å². The molecule has 2 heterocycles. The number of aryl methyl sites for hydroxylation is 1. The molecule has 38 heavy (non-hydrogen) atoms. The van der Waals surface area contributed by atoms with Crippen LogP contribution in [-0.4, -0.2) is 64.2 Å². The van der Waals surface area contributed by atoms with Crippen molar-refractivity contribution in [2.24, 2.45) is 0 Å². The molecule has 0 saturated carbocycles. The fourth-order valence-corrected chi connectivity index (χ4v) is 4.72. The van der Waals surface area contributed by atoms with E-state index in [9.17, 15) is 23.1 Å². The summed E-state index contributed by atoms with van der Waals surface area (Å²) in [5, 5.41) is 19.6. The molecule has 1 saturated heterocycles. The minimum absolute atomic E-state index is 0.0464. The Morgan fingerprint density at radius 2 is 1.53 bits per heavy atom. The molecule has 1 aromatic heterocycles. The van der Waals surface area contributed by atoms with Crippen molar-refractivity contribution in [3.63, 3.8) is 0 Å². The van der Waals surface area contributed by atoms with Crippen LogP contribution < -0.4 is 5.32 Å². The van der Waals surface area contributed by atoms with Gasteiger partial charge in [-0.15, -0.1) is 11.3 Å². The van der Waals surface area contributed by atoms with Crippen molar-refractivity contribution < 1.29 is 33.0 Å². The largest absolute Gasteiger partial charge is 0.508 e. The number of anilines is 1.